The average molecular weight is 403 g/mol. The predicted octanol–water partition coefficient (Wildman–Crippen LogP) is 4.66. The Bertz CT molecular complexity index is 959. The third-order valence-corrected chi connectivity index (χ3v) is 5.12. The Morgan fingerprint density at radius 1 is 1.24 bits per heavy atom. The fraction of sp³-hybridized carbons (Fsp3) is 0.333. The molecule has 1 saturated heterocycles. The molecule has 1 heterocycles. The molecule has 2 aromatic rings. The largest absolute Gasteiger partial charge is 0.478 e. The van der Waals surface area contributed by atoms with Crippen molar-refractivity contribution in [3.63, 3.8) is 0 Å². The zero-order chi connectivity index (χ0) is 21.2. The van der Waals surface area contributed by atoms with Gasteiger partial charge in [0.05, 0.1) is 22.4 Å². The molecule has 5 nitrogen and oxygen atoms in total. The van der Waals surface area contributed by atoms with Gasteiger partial charge in [-0.15, -0.1) is 0 Å². The molecule has 0 radical (unpaired) electrons. The lowest BCUT2D eigenvalue weighted by molar-refractivity contribution is -0.137. The van der Waals surface area contributed by atoms with E-state index < -0.39 is 17.7 Å². The van der Waals surface area contributed by atoms with Crippen LogP contribution in [0.2, 0.25) is 0 Å². The summed E-state index contributed by atoms with van der Waals surface area (Å²) >= 11 is 0. The Morgan fingerprint density at radius 3 is 2.48 bits per heavy atom. The lowest BCUT2D eigenvalue weighted by Gasteiger charge is -2.35. The van der Waals surface area contributed by atoms with E-state index in [0.29, 0.717) is 31.5 Å². The first-order chi connectivity index (χ1) is 13.7. The van der Waals surface area contributed by atoms with Crippen molar-refractivity contribution < 1.29 is 23.1 Å². The number of alkyl halides is 3. The minimum Gasteiger partial charge on any atom is -0.478 e. The third-order valence-electron chi connectivity index (χ3n) is 5.12. The highest BCUT2D eigenvalue weighted by atomic mass is 19.4. The second-order valence-corrected chi connectivity index (χ2v) is 7.05. The lowest BCUT2D eigenvalue weighted by atomic mass is 9.99. The van der Waals surface area contributed by atoms with Crippen LogP contribution in [0.1, 0.15) is 39.9 Å². The zero-order valence-corrected chi connectivity index (χ0v) is 15.8. The summed E-state index contributed by atoms with van der Waals surface area (Å²) in [6, 6.07) is 11.1. The maximum atomic E-state index is 13.5. The summed E-state index contributed by atoms with van der Waals surface area (Å²) in [4.78, 5) is 13.4. The summed E-state index contributed by atoms with van der Waals surface area (Å²) < 4.78 is 40.4. The molecule has 0 saturated carbocycles. The summed E-state index contributed by atoms with van der Waals surface area (Å²) in [5.41, 5.74) is 0.212. The minimum atomic E-state index is -4.59. The van der Waals surface area contributed by atoms with Crippen molar-refractivity contribution in [2.24, 2.45) is 0 Å². The number of carboxylic acids is 1. The molecule has 1 fully saturated rings. The van der Waals surface area contributed by atoms with Crippen LogP contribution in [0.25, 0.3) is 0 Å². The second-order valence-electron chi connectivity index (χ2n) is 7.05. The number of nitrogens with zero attached hydrogens (tertiary/aromatic N) is 2. The molecule has 0 atom stereocenters. The number of aromatic carboxylic acids is 1. The first kappa shape index (κ1) is 20.5. The van der Waals surface area contributed by atoms with Crippen LogP contribution in [-0.2, 0) is 6.18 Å². The summed E-state index contributed by atoms with van der Waals surface area (Å²) in [6.07, 6.45) is -3.46. The van der Waals surface area contributed by atoms with E-state index in [0.717, 1.165) is 17.8 Å². The maximum absolute atomic E-state index is 13.5. The van der Waals surface area contributed by atoms with Gasteiger partial charge in [-0.25, -0.2) is 4.79 Å². The summed E-state index contributed by atoms with van der Waals surface area (Å²) in [7, 11) is 0. The van der Waals surface area contributed by atoms with E-state index in [2.05, 4.69) is 11.4 Å². The van der Waals surface area contributed by atoms with Gasteiger partial charge in [0.25, 0.3) is 0 Å². The molecule has 0 aromatic heterocycles. The average Bonchev–Trinajstić information content (AvgIpc) is 2.68. The Kier molecular flexibility index (Phi) is 5.69. The van der Waals surface area contributed by atoms with E-state index >= 15 is 0 Å². The number of rotatable bonds is 4. The van der Waals surface area contributed by atoms with Gasteiger partial charge in [0.2, 0.25) is 0 Å². The monoisotopic (exact) mass is 403 g/mol. The summed E-state index contributed by atoms with van der Waals surface area (Å²) in [5.74, 6) is -1.26. The van der Waals surface area contributed by atoms with Gasteiger partial charge in [-0.3, -0.25) is 0 Å². The van der Waals surface area contributed by atoms with Crippen LogP contribution in [0.4, 0.5) is 24.5 Å². The van der Waals surface area contributed by atoms with Crippen LogP contribution in [0.15, 0.2) is 36.4 Å². The molecule has 8 heteroatoms. The Balaban J connectivity index is 1.79. The van der Waals surface area contributed by atoms with E-state index in [1.165, 1.54) is 6.92 Å². The molecule has 29 heavy (non-hydrogen) atoms. The van der Waals surface area contributed by atoms with Crippen molar-refractivity contribution >= 4 is 17.3 Å². The first-order valence-corrected chi connectivity index (χ1v) is 9.16. The highest BCUT2D eigenvalue weighted by Gasteiger charge is 2.35. The molecular weight excluding hydrogens is 383 g/mol. The number of anilines is 2. The highest BCUT2D eigenvalue weighted by molar-refractivity contribution is 5.91. The molecule has 2 N–H and O–H groups in total. The van der Waals surface area contributed by atoms with E-state index in [9.17, 15) is 28.3 Å². The van der Waals surface area contributed by atoms with Crippen molar-refractivity contribution in [1.29, 1.82) is 5.26 Å². The first-order valence-electron chi connectivity index (χ1n) is 9.16. The molecule has 1 aliphatic rings. The quantitative estimate of drug-likeness (QED) is 0.776. The standard InChI is InChI=1S/C21H20F3N3O2/c1-13-10-17(21(22,23)24)18(11-16(13)20(28)29)26-15-6-8-27(9-7-15)19-5-3-2-4-14(19)12-25/h2-5,10-11,15,26H,6-9H2,1H3,(H,28,29). The van der Waals surface area contributed by atoms with Crippen LogP contribution < -0.4 is 10.2 Å². The smallest absolute Gasteiger partial charge is 0.418 e. The molecular formula is C21H20F3N3O2. The molecule has 1 aliphatic heterocycles. The normalized spacial score (nSPS) is 15.1. The van der Waals surface area contributed by atoms with Crippen molar-refractivity contribution in [1.82, 2.24) is 0 Å². The Hall–Kier alpha value is -3.21. The number of carbonyl (C=O) groups is 1. The molecule has 3 rings (SSSR count). The number of halogens is 3. The third kappa shape index (κ3) is 4.45. The lowest BCUT2D eigenvalue weighted by Crippen LogP contribution is -2.39. The van der Waals surface area contributed by atoms with Gasteiger partial charge in [-0.1, -0.05) is 12.1 Å². The van der Waals surface area contributed by atoms with Crippen LogP contribution in [0, 0.1) is 18.3 Å². The van der Waals surface area contributed by atoms with E-state index in [1.54, 1.807) is 12.1 Å². The second kappa shape index (κ2) is 8.03. The van der Waals surface area contributed by atoms with Crippen LogP contribution in [-0.4, -0.2) is 30.2 Å². The van der Waals surface area contributed by atoms with E-state index in [-0.39, 0.29) is 22.9 Å². The van der Waals surface area contributed by atoms with E-state index in [1.807, 2.05) is 17.0 Å². The van der Waals surface area contributed by atoms with Gasteiger partial charge in [-0.05, 0) is 49.6 Å². The number of benzene rings is 2. The summed E-state index contributed by atoms with van der Waals surface area (Å²) in [5, 5.41) is 21.4. The van der Waals surface area contributed by atoms with Gasteiger partial charge < -0.3 is 15.3 Å². The van der Waals surface area contributed by atoms with Crippen LogP contribution in [0.3, 0.4) is 0 Å². The van der Waals surface area contributed by atoms with Crippen molar-refractivity contribution in [2.45, 2.75) is 32.0 Å². The summed E-state index contributed by atoms with van der Waals surface area (Å²) in [6.45, 7) is 2.51. The zero-order valence-electron chi connectivity index (χ0n) is 15.8. The Morgan fingerprint density at radius 2 is 1.90 bits per heavy atom. The minimum absolute atomic E-state index is 0.0679. The number of hydrogen-bond acceptors (Lipinski definition) is 4. The number of piperidine rings is 1. The number of nitrogens with one attached hydrogen (secondary N) is 1. The van der Waals surface area contributed by atoms with Crippen molar-refractivity contribution in [3.8, 4) is 6.07 Å². The molecule has 0 aliphatic carbocycles. The molecule has 0 amide bonds. The van der Waals surface area contributed by atoms with Crippen molar-refractivity contribution in [3.05, 3.63) is 58.7 Å². The van der Waals surface area contributed by atoms with Gasteiger partial charge in [-0.2, -0.15) is 18.4 Å². The number of aryl methyl sites for hydroxylation is 1. The van der Waals surface area contributed by atoms with Crippen LogP contribution >= 0.6 is 0 Å². The maximum Gasteiger partial charge on any atom is 0.418 e. The number of carboxylic acid groups (broad SMARTS) is 1. The molecule has 0 bridgehead atoms. The van der Waals surface area contributed by atoms with Gasteiger partial charge in [0.15, 0.2) is 0 Å². The van der Waals surface area contributed by atoms with Gasteiger partial charge >= 0.3 is 12.1 Å². The fourth-order valence-electron chi connectivity index (χ4n) is 3.62. The number of nitriles is 1. The molecule has 152 valence electrons. The fourth-order valence-corrected chi connectivity index (χ4v) is 3.62. The van der Waals surface area contributed by atoms with Gasteiger partial charge in [0, 0.05) is 24.8 Å². The van der Waals surface area contributed by atoms with Crippen LogP contribution in [0.5, 0.6) is 0 Å². The van der Waals surface area contributed by atoms with Gasteiger partial charge in [0.1, 0.15) is 6.07 Å². The highest BCUT2D eigenvalue weighted by Crippen LogP contribution is 2.37. The SMILES string of the molecule is Cc1cc(C(F)(F)F)c(NC2CCN(c3ccccc3C#N)CC2)cc1C(=O)O. The Labute approximate surface area is 166 Å². The molecule has 0 spiro atoms. The predicted molar refractivity (Wildman–Crippen MR) is 103 cm³/mol. The van der Waals surface area contributed by atoms with E-state index in [4.69, 9.17) is 0 Å². The number of hydrogen-bond donors (Lipinski definition) is 2. The number of para-hydroxylation sites is 1. The van der Waals surface area contributed by atoms with Crippen molar-refractivity contribution in [2.75, 3.05) is 23.3 Å². The molecule has 0 unspecified atom stereocenters. The topological polar surface area (TPSA) is 76.4 Å². The molecule has 2 aromatic carbocycles.